The minimum absolute atomic E-state index is 0.0684. The van der Waals surface area contributed by atoms with Crippen molar-refractivity contribution < 1.29 is 9.53 Å². The van der Waals surface area contributed by atoms with Crippen molar-refractivity contribution in [1.82, 2.24) is 0 Å². The third kappa shape index (κ3) is 2.57. The number of hydrogen-bond donors (Lipinski definition) is 1. The lowest BCUT2D eigenvalue weighted by atomic mass is 10.0. The molecule has 2 N–H and O–H groups in total. The van der Waals surface area contributed by atoms with Gasteiger partial charge in [0.25, 0.3) is 0 Å². The second-order valence-electron chi connectivity index (χ2n) is 3.58. The van der Waals surface area contributed by atoms with E-state index in [1.54, 1.807) is 13.2 Å². The number of methoxy groups -OCH3 is 1. The quantitative estimate of drug-likeness (QED) is 0.766. The van der Waals surface area contributed by atoms with Gasteiger partial charge in [-0.15, -0.1) is 0 Å². The lowest BCUT2D eigenvalue weighted by Crippen LogP contribution is -2.08. The fourth-order valence-corrected chi connectivity index (χ4v) is 1.48. The number of benzene rings is 1. The maximum Gasteiger partial charge on any atom is 0.164 e. The van der Waals surface area contributed by atoms with E-state index in [0.29, 0.717) is 18.5 Å². The molecule has 0 aliphatic rings. The number of rotatable bonds is 4. The van der Waals surface area contributed by atoms with Crippen molar-refractivity contribution in [3.8, 4) is 5.75 Å². The highest BCUT2D eigenvalue weighted by molar-refractivity contribution is 5.96. The van der Waals surface area contributed by atoms with Crippen molar-refractivity contribution in [1.29, 1.82) is 0 Å². The first-order chi connectivity index (χ1) is 7.10. The number of aryl methyl sites for hydroxylation is 1. The van der Waals surface area contributed by atoms with Gasteiger partial charge in [0, 0.05) is 12.0 Å². The molecule has 0 amide bonds. The Morgan fingerprint density at radius 2 is 2.07 bits per heavy atom. The van der Waals surface area contributed by atoms with Crippen LogP contribution in [0, 0.1) is 13.8 Å². The Kier molecular flexibility index (Phi) is 3.86. The van der Waals surface area contributed by atoms with Crippen LogP contribution in [0.3, 0.4) is 0 Å². The number of carbonyl (C=O) groups excluding carboxylic acids is 1. The second kappa shape index (κ2) is 4.94. The molecule has 0 unspecified atom stereocenters. The van der Waals surface area contributed by atoms with Crippen LogP contribution in [0.5, 0.6) is 5.75 Å². The summed E-state index contributed by atoms with van der Waals surface area (Å²) in [5.74, 6) is 0.828. The molecule has 0 heterocycles. The lowest BCUT2D eigenvalue weighted by molar-refractivity contribution is 0.0985. The average molecular weight is 207 g/mol. The molecule has 3 nitrogen and oxygen atoms in total. The van der Waals surface area contributed by atoms with Gasteiger partial charge in [0.15, 0.2) is 5.78 Å². The van der Waals surface area contributed by atoms with E-state index < -0.39 is 0 Å². The van der Waals surface area contributed by atoms with Gasteiger partial charge in [0.2, 0.25) is 0 Å². The molecular weight excluding hydrogens is 190 g/mol. The number of ketones is 1. The normalized spacial score (nSPS) is 10.1. The van der Waals surface area contributed by atoms with Crippen molar-refractivity contribution in [2.75, 3.05) is 13.7 Å². The Morgan fingerprint density at radius 1 is 1.40 bits per heavy atom. The number of hydrogen-bond acceptors (Lipinski definition) is 3. The number of nitrogens with two attached hydrogens (primary N) is 1. The molecule has 82 valence electrons. The van der Waals surface area contributed by atoms with E-state index in [-0.39, 0.29) is 5.78 Å². The molecule has 1 aromatic carbocycles. The van der Waals surface area contributed by atoms with E-state index in [1.165, 1.54) is 0 Å². The molecule has 0 aliphatic heterocycles. The van der Waals surface area contributed by atoms with Crippen molar-refractivity contribution in [3.05, 3.63) is 28.8 Å². The SMILES string of the molecule is COc1cc(C(=O)CCN)cc(C)c1C. The predicted octanol–water partition coefficient (Wildman–Crippen LogP) is 1.84. The van der Waals surface area contributed by atoms with E-state index in [2.05, 4.69) is 0 Å². The molecule has 0 radical (unpaired) electrons. The van der Waals surface area contributed by atoms with E-state index in [0.717, 1.165) is 16.9 Å². The van der Waals surface area contributed by atoms with E-state index in [1.807, 2.05) is 19.9 Å². The van der Waals surface area contributed by atoms with Crippen LogP contribution >= 0.6 is 0 Å². The number of carbonyl (C=O) groups is 1. The van der Waals surface area contributed by atoms with Crippen molar-refractivity contribution in [2.24, 2.45) is 5.73 Å². The minimum atomic E-state index is 0.0684. The van der Waals surface area contributed by atoms with Crippen molar-refractivity contribution in [2.45, 2.75) is 20.3 Å². The van der Waals surface area contributed by atoms with Gasteiger partial charge in [0.05, 0.1) is 7.11 Å². The average Bonchev–Trinajstić information content (AvgIpc) is 2.22. The third-order valence-corrected chi connectivity index (χ3v) is 2.53. The molecule has 0 saturated carbocycles. The summed E-state index contributed by atoms with van der Waals surface area (Å²) in [6, 6.07) is 3.66. The van der Waals surface area contributed by atoms with Gasteiger partial charge in [-0.1, -0.05) is 0 Å². The standard InChI is InChI=1S/C12H17NO2/c1-8-6-10(11(14)4-5-13)7-12(15-3)9(8)2/h6-7H,4-5,13H2,1-3H3. The van der Waals surface area contributed by atoms with Crippen molar-refractivity contribution >= 4 is 5.78 Å². The molecule has 0 fully saturated rings. The Hall–Kier alpha value is -1.35. The lowest BCUT2D eigenvalue weighted by Gasteiger charge is -2.10. The topological polar surface area (TPSA) is 52.3 Å². The molecule has 0 aromatic heterocycles. The summed E-state index contributed by atoms with van der Waals surface area (Å²) in [7, 11) is 1.61. The highest BCUT2D eigenvalue weighted by Gasteiger charge is 2.10. The predicted molar refractivity (Wildman–Crippen MR) is 60.5 cm³/mol. The third-order valence-electron chi connectivity index (χ3n) is 2.53. The Bertz CT molecular complexity index is 372. The van der Waals surface area contributed by atoms with E-state index in [4.69, 9.17) is 10.5 Å². The van der Waals surface area contributed by atoms with Gasteiger partial charge in [-0.05, 0) is 43.7 Å². The summed E-state index contributed by atoms with van der Waals surface area (Å²) in [5.41, 5.74) is 8.17. The zero-order valence-corrected chi connectivity index (χ0v) is 9.46. The Morgan fingerprint density at radius 3 is 2.60 bits per heavy atom. The minimum Gasteiger partial charge on any atom is -0.496 e. The van der Waals surface area contributed by atoms with Gasteiger partial charge >= 0.3 is 0 Å². The number of ether oxygens (including phenoxy) is 1. The van der Waals surface area contributed by atoms with Gasteiger partial charge in [-0.25, -0.2) is 0 Å². The molecule has 0 saturated heterocycles. The van der Waals surface area contributed by atoms with E-state index >= 15 is 0 Å². The summed E-state index contributed by atoms with van der Waals surface area (Å²) in [4.78, 5) is 11.6. The molecule has 0 atom stereocenters. The summed E-state index contributed by atoms with van der Waals surface area (Å²) in [6.07, 6.45) is 0.381. The van der Waals surface area contributed by atoms with Gasteiger partial charge in [0.1, 0.15) is 5.75 Å². The fraction of sp³-hybridized carbons (Fsp3) is 0.417. The summed E-state index contributed by atoms with van der Waals surface area (Å²) in [6.45, 7) is 4.33. The van der Waals surface area contributed by atoms with Gasteiger partial charge in [-0.2, -0.15) is 0 Å². The van der Waals surface area contributed by atoms with Crippen LogP contribution in [-0.2, 0) is 0 Å². The first-order valence-corrected chi connectivity index (χ1v) is 4.98. The molecular formula is C12H17NO2. The van der Waals surface area contributed by atoms with Crippen molar-refractivity contribution in [3.63, 3.8) is 0 Å². The first kappa shape index (κ1) is 11.7. The molecule has 3 heteroatoms. The highest BCUT2D eigenvalue weighted by Crippen LogP contribution is 2.23. The maximum atomic E-state index is 11.6. The Balaban J connectivity index is 3.10. The van der Waals surface area contributed by atoms with Crippen LogP contribution in [0.15, 0.2) is 12.1 Å². The second-order valence-corrected chi connectivity index (χ2v) is 3.58. The molecule has 1 rings (SSSR count). The van der Waals surface area contributed by atoms with E-state index in [9.17, 15) is 4.79 Å². The first-order valence-electron chi connectivity index (χ1n) is 4.98. The summed E-state index contributed by atoms with van der Waals surface area (Å²) in [5, 5.41) is 0. The van der Waals surface area contributed by atoms with Crippen LogP contribution in [0.4, 0.5) is 0 Å². The zero-order chi connectivity index (χ0) is 11.4. The van der Waals surface area contributed by atoms with Crippen LogP contribution in [0.25, 0.3) is 0 Å². The van der Waals surface area contributed by atoms with Crippen LogP contribution in [0.2, 0.25) is 0 Å². The van der Waals surface area contributed by atoms with Crippen LogP contribution < -0.4 is 10.5 Å². The number of Topliss-reactive ketones (excluding diaryl/α,β-unsaturated/α-hetero) is 1. The monoisotopic (exact) mass is 207 g/mol. The molecule has 0 bridgehead atoms. The van der Waals surface area contributed by atoms with Crippen LogP contribution in [0.1, 0.15) is 27.9 Å². The van der Waals surface area contributed by atoms with Crippen LogP contribution in [-0.4, -0.2) is 19.4 Å². The van der Waals surface area contributed by atoms with Gasteiger partial charge in [-0.3, -0.25) is 4.79 Å². The maximum absolute atomic E-state index is 11.6. The highest BCUT2D eigenvalue weighted by atomic mass is 16.5. The fourth-order valence-electron chi connectivity index (χ4n) is 1.48. The molecule has 0 spiro atoms. The summed E-state index contributed by atoms with van der Waals surface area (Å²) < 4.78 is 5.21. The molecule has 15 heavy (non-hydrogen) atoms. The smallest absolute Gasteiger partial charge is 0.164 e. The largest absolute Gasteiger partial charge is 0.496 e. The summed E-state index contributed by atoms with van der Waals surface area (Å²) >= 11 is 0. The van der Waals surface area contributed by atoms with Gasteiger partial charge < -0.3 is 10.5 Å². The molecule has 1 aromatic rings. The zero-order valence-electron chi connectivity index (χ0n) is 9.46. The molecule has 0 aliphatic carbocycles. The Labute approximate surface area is 90.2 Å².